The van der Waals surface area contributed by atoms with Crippen molar-refractivity contribution >= 4 is 5.91 Å². The zero-order valence-electron chi connectivity index (χ0n) is 10.9. The van der Waals surface area contributed by atoms with Gasteiger partial charge in [0.2, 0.25) is 5.91 Å². The molecule has 1 amide bonds. The fourth-order valence-corrected chi connectivity index (χ4v) is 2.34. The zero-order valence-corrected chi connectivity index (χ0v) is 10.9. The highest BCUT2D eigenvalue weighted by Gasteiger charge is 2.42. The van der Waals surface area contributed by atoms with Gasteiger partial charge in [0.25, 0.3) is 0 Å². The van der Waals surface area contributed by atoms with Gasteiger partial charge in [-0.05, 0) is 25.7 Å². The van der Waals surface area contributed by atoms with E-state index in [0.717, 1.165) is 0 Å². The first-order valence-electron chi connectivity index (χ1n) is 6.35. The Morgan fingerprint density at radius 3 is 2.37 bits per heavy atom. The van der Waals surface area contributed by atoms with E-state index in [9.17, 15) is 18.0 Å². The van der Waals surface area contributed by atoms with E-state index in [0.29, 0.717) is 0 Å². The second-order valence-electron chi connectivity index (χ2n) is 4.93. The summed E-state index contributed by atoms with van der Waals surface area (Å²) in [6.45, 7) is -0.0718. The lowest BCUT2D eigenvalue weighted by Crippen LogP contribution is -2.44. The van der Waals surface area contributed by atoms with Gasteiger partial charge in [-0.1, -0.05) is 0 Å². The van der Waals surface area contributed by atoms with Crippen LogP contribution in [0.5, 0.6) is 0 Å². The summed E-state index contributed by atoms with van der Waals surface area (Å²) in [5.41, 5.74) is 0. The van der Waals surface area contributed by atoms with Gasteiger partial charge < -0.3 is 15.2 Å². The summed E-state index contributed by atoms with van der Waals surface area (Å²) in [5.74, 6) is -1.98. The van der Waals surface area contributed by atoms with Crippen LogP contribution in [-0.2, 0) is 9.53 Å². The summed E-state index contributed by atoms with van der Waals surface area (Å²) in [6, 6.07) is -0.502. The first-order chi connectivity index (χ1) is 8.88. The molecule has 0 aromatic carbocycles. The molecule has 112 valence electrons. The van der Waals surface area contributed by atoms with Crippen molar-refractivity contribution in [3.8, 4) is 0 Å². The normalized spacial score (nSPS) is 25.9. The number of hydrogen-bond acceptors (Lipinski definition) is 3. The molecule has 0 heterocycles. The van der Waals surface area contributed by atoms with Crippen LogP contribution >= 0.6 is 0 Å². The molecular formula is C12H20F3NO3. The molecule has 1 atom stereocenters. The summed E-state index contributed by atoms with van der Waals surface area (Å²) >= 11 is 0. The molecule has 0 saturated heterocycles. The van der Waals surface area contributed by atoms with Crippen molar-refractivity contribution in [1.29, 1.82) is 0 Å². The molecule has 0 bridgehead atoms. The van der Waals surface area contributed by atoms with E-state index in [4.69, 9.17) is 9.84 Å². The first kappa shape index (κ1) is 16.2. The molecule has 2 N–H and O–H groups in total. The number of nitrogens with one attached hydrogen (secondary N) is 1. The Morgan fingerprint density at radius 1 is 1.37 bits per heavy atom. The first-order valence-corrected chi connectivity index (χ1v) is 6.35. The number of carbonyl (C=O) groups is 1. The minimum atomic E-state index is -4.16. The van der Waals surface area contributed by atoms with Gasteiger partial charge >= 0.3 is 6.18 Å². The molecule has 4 nitrogen and oxygen atoms in total. The smallest absolute Gasteiger partial charge is 0.391 e. The van der Waals surface area contributed by atoms with Crippen molar-refractivity contribution in [1.82, 2.24) is 5.32 Å². The third-order valence-electron chi connectivity index (χ3n) is 3.50. The predicted octanol–water partition coefficient (Wildman–Crippen LogP) is 1.48. The van der Waals surface area contributed by atoms with Gasteiger partial charge in [0.15, 0.2) is 0 Å². The highest BCUT2D eigenvalue weighted by molar-refractivity contribution is 5.79. The fourth-order valence-electron chi connectivity index (χ4n) is 2.34. The van der Waals surface area contributed by atoms with Crippen LogP contribution < -0.4 is 5.32 Å². The van der Waals surface area contributed by atoms with Crippen molar-refractivity contribution in [3.05, 3.63) is 0 Å². The fraction of sp³-hybridized carbons (Fsp3) is 0.917. The van der Waals surface area contributed by atoms with Crippen LogP contribution in [0.3, 0.4) is 0 Å². The molecule has 0 aliphatic heterocycles. The Labute approximate surface area is 110 Å². The summed E-state index contributed by atoms with van der Waals surface area (Å²) in [5, 5.41) is 11.6. The molecule has 1 rings (SSSR count). The lowest BCUT2D eigenvalue weighted by molar-refractivity contribution is -0.184. The van der Waals surface area contributed by atoms with E-state index in [-0.39, 0.29) is 44.8 Å². The topological polar surface area (TPSA) is 58.6 Å². The molecule has 1 aliphatic rings. The van der Waals surface area contributed by atoms with Gasteiger partial charge in [-0.25, -0.2) is 0 Å². The standard InChI is InChI=1S/C12H20F3NO3/c1-19-7-10(6-17)16-11(18)8-2-4-9(5-3-8)12(13,14)15/h8-10,17H,2-7H2,1H3,(H,16,18). The Kier molecular flexibility index (Phi) is 6.06. The molecule has 1 fully saturated rings. The number of amides is 1. The Morgan fingerprint density at radius 2 is 1.95 bits per heavy atom. The average Bonchev–Trinajstić information content (AvgIpc) is 2.37. The Bertz CT molecular complexity index is 288. The Balaban J connectivity index is 2.40. The zero-order chi connectivity index (χ0) is 14.5. The van der Waals surface area contributed by atoms with Crippen LogP contribution in [0.2, 0.25) is 0 Å². The molecule has 7 heteroatoms. The third-order valence-corrected chi connectivity index (χ3v) is 3.50. The quantitative estimate of drug-likeness (QED) is 0.803. The maximum atomic E-state index is 12.5. The van der Waals surface area contributed by atoms with Gasteiger partial charge in [-0.3, -0.25) is 4.79 Å². The Hall–Kier alpha value is -0.820. The third kappa shape index (κ3) is 4.99. The minimum absolute atomic E-state index is 0.00431. The molecule has 1 unspecified atom stereocenters. The van der Waals surface area contributed by atoms with E-state index in [1.165, 1.54) is 7.11 Å². The summed E-state index contributed by atoms with van der Waals surface area (Å²) < 4.78 is 42.3. The number of rotatable bonds is 5. The van der Waals surface area contributed by atoms with Crippen LogP contribution in [0.25, 0.3) is 0 Å². The maximum absolute atomic E-state index is 12.5. The molecule has 0 radical (unpaired) electrons. The van der Waals surface area contributed by atoms with E-state index in [2.05, 4.69) is 5.32 Å². The van der Waals surface area contributed by atoms with E-state index in [1.807, 2.05) is 0 Å². The lowest BCUT2D eigenvalue weighted by atomic mass is 9.81. The van der Waals surface area contributed by atoms with Crippen LogP contribution in [0.4, 0.5) is 13.2 Å². The monoisotopic (exact) mass is 283 g/mol. The summed E-state index contributed by atoms with van der Waals surface area (Å²) in [6.07, 6.45) is -3.70. The highest BCUT2D eigenvalue weighted by atomic mass is 19.4. The predicted molar refractivity (Wildman–Crippen MR) is 62.4 cm³/mol. The molecule has 0 spiro atoms. The van der Waals surface area contributed by atoms with Gasteiger partial charge in [0.1, 0.15) is 0 Å². The van der Waals surface area contributed by atoms with Crippen LogP contribution in [0, 0.1) is 11.8 Å². The van der Waals surface area contributed by atoms with E-state index >= 15 is 0 Å². The van der Waals surface area contributed by atoms with E-state index < -0.39 is 24.1 Å². The van der Waals surface area contributed by atoms with Crippen molar-refractivity contribution in [2.75, 3.05) is 20.3 Å². The van der Waals surface area contributed by atoms with Gasteiger partial charge in [0, 0.05) is 13.0 Å². The minimum Gasteiger partial charge on any atom is -0.394 e. The molecule has 1 saturated carbocycles. The summed E-state index contributed by atoms with van der Waals surface area (Å²) in [4.78, 5) is 11.8. The number of ether oxygens (including phenoxy) is 1. The van der Waals surface area contributed by atoms with Crippen molar-refractivity contribution < 1.29 is 27.8 Å². The number of alkyl halides is 3. The van der Waals surface area contributed by atoms with Crippen LogP contribution in [-0.4, -0.2) is 43.6 Å². The van der Waals surface area contributed by atoms with E-state index in [1.54, 1.807) is 0 Å². The van der Waals surface area contributed by atoms with Crippen LogP contribution in [0.1, 0.15) is 25.7 Å². The maximum Gasteiger partial charge on any atom is 0.391 e. The molecule has 19 heavy (non-hydrogen) atoms. The van der Waals surface area contributed by atoms with Gasteiger partial charge in [-0.15, -0.1) is 0 Å². The number of aliphatic hydroxyl groups is 1. The molecule has 1 aliphatic carbocycles. The van der Waals surface area contributed by atoms with Crippen LogP contribution in [0.15, 0.2) is 0 Å². The summed E-state index contributed by atoms with van der Waals surface area (Å²) in [7, 11) is 1.45. The van der Waals surface area contributed by atoms with Gasteiger partial charge in [-0.2, -0.15) is 13.2 Å². The van der Waals surface area contributed by atoms with Crippen molar-refractivity contribution in [3.63, 3.8) is 0 Å². The second kappa shape index (κ2) is 7.09. The highest BCUT2D eigenvalue weighted by Crippen LogP contribution is 2.39. The number of halogens is 3. The average molecular weight is 283 g/mol. The second-order valence-corrected chi connectivity index (χ2v) is 4.93. The van der Waals surface area contributed by atoms with Crippen molar-refractivity contribution in [2.24, 2.45) is 11.8 Å². The molecule has 0 aromatic heterocycles. The number of aliphatic hydroxyl groups excluding tert-OH is 1. The molecular weight excluding hydrogens is 263 g/mol. The largest absolute Gasteiger partial charge is 0.394 e. The van der Waals surface area contributed by atoms with Crippen molar-refractivity contribution in [2.45, 2.75) is 37.9 Å². The number of carbonyl (C=O) groups excluding carboxylic acids is 1. The lowest BCUT2D eigenvalue weighted by Gasteiger charge is -2.30. The van der Waals surface area contributed by atoms with Gasteiger partial charge in [0.05, 0.1) is 25.2 Å². The number of hydrogen-bond donors (Lipinski definition) is 2. The SMILES string of the molecule is COCC(CO)NC(=O)C1CCC(C(F)(F)F)CC1. The molecule has 0 aromatic rings. The number of methoxy groups -OCH3 is 1.